The van der Waals surface area contributed by atoms with Crippen molar-refractivity contribution in [3.05, 3.63) is 57.0 Å². The molecular weight excluding hydrogens is 342 g/mol. The van der Waals surface area contributed by atoms with E-state index in [0.29, 0.717) is 18.8 Å². The van der Waals surface area contributed by atoms with E-state index in [9.17, 15) is 9.59 Å². The average molecular weight is 367 g/mol. The Morgan fingerprint density at radius 3 is 3.07 bits per heavy atom. The number of benzene rings is 1. The summed E-state index contributed by atoms with van der Waals surface area (Å²) in [6, 6.07) is 7.82. The normalized spacial score (nSPS) is 18.9. The predicted molar refractivity (Wildman–Crippen MR) is 104 cm³/mol. The van der Waals surface area contributed by atoms with Crippen molar-refractivity contribution >= 4 is 11.9 Å². The summed E-state index contributed by atoms with van der Waals surface area (Å²) in [5, 5.41) is 0. The maximum absolute atomic E-state index is 13.1. The van der Waals surface area contributed by atoms with Gasteiger partial charge in [-0.2, -0.15) is 0 Å². The van der Waals surface area contributed by atoms with Gasteiger partial charge in [-0.1, -0.05) is 12.1 Å². The van der Waals surface area contributed by atoms with E-state index >= 15 is 0 Å². The molecule has 0 spiro atoms. The molecule has 7 heteroatoms. The zero-order chi connectivity index (χ0) is 19.0. The van der Waals surface area contributed by atoms with Gasteiger partial charge in [0.25, 0.3) is 11.5 Å². The number of aromatic nitrogens is 2. The van der Waals surface area contributed by atoms with Gasteiger partial charge in [0.2, 0.25) is 5.95 Å². The zero-order valence-corrected chi connectivity index (χ0v) is 15.6. The number of nitrogens with one attached hydrogen (secondary N) is 1. The number of amides is 1. The number of nitrogen functional groups attached to an aromatic ring is 1. The first-order valence-corrected chi connectivity index (χ1v) is 9.47. The molecular formula is C20H25N5O2. The number of aryl methyl sites for hydroxylation is 1. The van der Waals surface area contributed by atoms with Crippen LogP contribution in [0.25, 0.3) is 0 Å². The second-order valence-corrected chi connectivity index (χ2v) is 7.53. The quantitative estimate of drug-likeness (QED) is 0.846. The Labute approximate surface area is 158 Å². The molecule has 1 fully saturated rings. The number of H-pyrrole nitrogens is 1. The second kappa shape index (κ2) is 7.15. The van der Waals surface area contributed by atoms with E-state index in [1.807, 2.05) is 24.1 Å². The SMILES string of the molecule is CN(Cc1cc(=O)[nH]c(N)n1)[C@@H]1CCN(C(=O)c2cccc3c2CCC3)C1. The number of carbonyl (C=O) groups is 1. The maximum atomic E-state index is 13.1. The van der Waals surface area contributed by atoms with Crippen molar-refractivity contribution in [3.63, 3.8) is 0 Å². The van der Waals surface area contributed by atoms with E-state index < -0.39 is 0 Å². The average Bonchev–Trinajstić information content (AvgIpc) is 3.29. The van der Waals surface area contributed by atoms with Gasteiger partial charge < -0.3 is 10.6 Å². The highest BCUT2D eigenvalue weighted by atomic mass is 16.2. The highest BCUT2D eigenvalue weighted by Crippen LogP contribution is 2.27. The summed E-state index contributed by atoms with van der Waals surface area (Å²) in [6.45, 7) is 1.97. The van der Waals surface area contributed by atoms with Crippen molar-refractivity contribution in [2.24, 2.45) is 0 Å². The number of hydrogen-bond donors (Lipinski definition) is 2. The predicted octanol–water partition coefficient (Wildman–Crippen LogP) is 1.19. The van der Waals surface area contributed by atoms with Gasteiger partial charge in [-0.15, -0.1) is 0 Å². The number of anilines is 1. The van der Waals surface area contributed by atoms with Crippen LogP contribution in [0.4, 0.5) is 5.95 Å². The van der Waals surface area contributed by atoms with Crippen molar-refractivity contribution in [2.45, 2.75) is 38.3 Å². The van der Waals surface area contributed by atoms with Gasteiger partial charge in [0.05, 0.1) is 5.69 Å². The van der Waals surface area contributed by atoms with Gasteiger partial charge in [-0.25, -0.2) is 4.98 Å². The topological polar surface area (TPSA) is 95.3 Å². The fraction of sp³-hybridized carbons (Fsp3) is 0.450. The number of rotatable bonds is 4. The Balaban J connectivity index is 1.43. The van der Waals surface area contributed by atoms with E-state index in [1.54, 1.807) is 0 Å². The standard InChI is InChI=1S/C20H25N5O2/c1-24(11-14-10-18(26)23-20(21)22-14)15-8-9-25(12-15)19(27)17-7-3-5-13-4-2-6-16(13)17/h3,5,7,10,15H,2,4,6,8-9,11-12H2,1H3,(H3,21,22,23,26)/t15-/m1/s1. The minimum Gasteiger partial charge on any atom is -0.369 e. The number of fused-ring (bicyclic) bond motifs is 1. The van der Waals surface area contributed by atoms with Crippen LogP contribution in [0, 0.1) is 0 Å². The molecule has 2 heterocycles. The molecule has 142 valence electrons. The summed E-state index contributed by atoms with van der Waals surface area (Å²) < 4.78 is 0. The molecule has 2 aliphatic rings. The third-order valence-electron chi connectivity index (χ3n) is 5.67. The number of nitrogens with zero attached hydrogens (tertiary/aromatic N) is 3. The lowest BCUT2D eigenvalue weighted by molar-refractivity contribution is 0.0778. The molecule has 0 saturated carbocycles. The minimum absolute atomic E-state index is 0.132. The Kier molecular flexibility index (Phi) is 4.70. The molecule has 3 N–H and O–H groups in total. The van der Waals surface area contributed by atoms with E-state index in [4.69, 9.17) is 5.73 Å². The fourth-order valence-electron chi connectivity index (χ4n) is 4.27. The number of likely N-dealkylation sites (tertiary alicyclic amines) is 1. The van der Waals surface area contributed by atoms with Gasteiger partial charge in [0.1, 0.15) is 0 Å². The molecule has 1 atom stereocenters. The van der Waals surface area contributed by atoms with Crippen molar-refractivity contribution in [2.75, 3.05) is 25.9 Å². The van der Waals surface area contributed by atoms with Gasteiger partial charge in [0.15, 0.2) is 0 Å². The lowest BCUT2D eigenvalue weighted by atomic mass is 10.0. The van der Waals surface area contributed by atoms with Crippen LogP contribution in [0.5, 0.6) is 0 Å². The van der Waals surface area contributed by atoms with Crippen molar-refractivity contribution in [1.29, 1.82) is 0 Å². The Morgan fingerprint density at radius 2 is 2.26 bits per heavy atom. The molecule has 27 heavy (non-hydrogen) atoms. The van der Waals surface area contributed by atoms with Crippen LogP contribution in [0.15, 0.2) is 29.1 Å². The number of carbonyl (C=O) groups excluding carboxylic acids is 1. The molecule has 4 rings (SSSR count). The monoisotopic (exact) mass is 367 g/mol. The highest BCUT2D eigenvalue weighted by Gasteiger charge is 2.31. The summed E-state index contributed by atoms with van der Waals surface area (Å²) >= 11 is 0. The number of hydrogen-bond acceptors (Lipinski definition) is 5. The van der Waals surface area contributed by atoms with Crippen molar-refractivity contribution in [3.8, 4) is 0 Å². The summed E-state index contributed by atoms with van der Waals surface area (Å²) in [5.41, 5.74) is 9.46. The molecule has 1 aromatic heterocycles. The van der Waals surface area contributed by atoms with E-state index in [1.165, 1.54) is 17.2 Å². The first-order valence-electron chi connectivity index (χ1n) is 9.47. The van der Waals surface area contributed by atoms with Gasteiger partial charge in [-0.05, 0) is 49.9 Å². The summed E-state index contributed by atoms with van der Waals surface area (Å²) in [7, 11) is 2.00. The van der Waals surface area contributed by atoms with Gasteiger partial charge in [0, 0.05) is 37.3 Å². The Bertz CT molecular complexity index is 923. The molecule has 1 saturated heterocycles. The Hall–Kier alpha value is -2.67. The van der Waals surface area contributed by atoms with Gasteiger partial charge in [-0.3, -0.25) is 19.5 Å². The smallest absolute Gasteiger partial charge is 0.254 e. The van der Waals surface area contributed by atoms with E-state index in [-0.39, 0.29) is 23.5 Å². The molecule has 7 nitrogen and oxygen atoms in total. The van der Waals surface area contributed by atoms with Crippen molar-refractivity contribution < 1.29 is 4.79 Å². The van der Waals surface area contributed by atoms with E-state index in [2.05, 4.69) is 20.9 Å². The zero-order valence-electron chi connectivity index (χ0n) is 15.6. The number of likely N-dealkylation sites (N-methyl/N-ethyl adjacent to an activating group) is 1. The molecule has 2 aromatic rings. The lowest BCUT2D eigenvalue weighted by Gasteiger charge is -2.24. The molecule has 1 aromatic carbocycles. The minimum atomic E-state index is -0.243. The third kappa shape index (κ3) is 3.60. The Morgan fingerprint density at radius 1 is 1.41 bits per heavy atom. The van der Waals surface area contributed by atoms with Crippen LogP contribution < -0.4 is 11.3 Å². The first-order chi connectivity index (χ1) is 13.0. The summed E-state index contributed by atoms with van der Waals surface area (Å²) in [4.78, 5) is 35.3. The largest absolute Gasteiger partial charge is 0.369 e. The third-order valence-corrected chi connectivity index (χ3v) is 5.67. The van der Waals surface area contributed by atoms with Crippen LogP contribution in [-0.2, 0) is 19.4 Å². The summed E-state index contributed by atoms with van der Waals surface area (Å²) in [6.07, 6.45) is 4.13. The molecule has 1 aliphatic carbocycles. The highest BCUT2D eigenvalue weighted by molar-refractivity contribution is 5.96. The van der Waals surface area contributed by atoms with Crippen LogP contribution in [0.1, 0.15) is 40.0 Å². The number of nitrogens with two attached hydrogens (primary N) is 1. The second-order valence-electron chi connectivity index (χ2n) is 7.53. The van der Waals surface area contributed by atoms with Gasteiger partial charge >= 0.3 is 0 Å². The van der Waals surface area contributed by atoms with Crippen LogP contribution >= 0.6 is 0 Å². The molecule has 1 aliphatic heterocycles. The first kappa shape index (κ1) is 17.7. The maximum Gasteiger partial charge on any atom is 0.254 e. The fourth-order valence-corrected chi connectivity index (χ4v) is 4.27. The van der Waals surface area contributed by atoms with E-state index in [0.717, 1.165) is 37.8 Å². The molecule has 0 unspecified atom stereocenters. The number of aromatic amines is 1. The molecule has 1 amide bonds. The molecule has 0 radical (unpaired) electrons. The summed E-state index contributed by atoms with van der Waals surface area (Å²) in [5.74, 6) is 0.273. The lowest BCUT2D eigenvalue weighted by Crippen LogP contribution is -2.36. The van der Waals surface area contributed by atoms with Crippen LogP contribution in [0.2, 0.25) is 0 Å². The van der Waals surface area contributed by atoms with Crippen molar-refractivity contribution in [1.82, 2.24) is 19.8 Å². The van der Waals surface area contributed by atoms with Crippen LogP contribution in [0.3, 0.4) is 0 Å². The van der Waals surface area contributed by atoms with Crippen LogP contribution in [-0.4, -0.2) is 51.9 Å². The molecule has 0 bridgehead atoms.